The summed E-state index contributed by atoms with van der Waals surface area (Å²) in [6, 6.07) is 0. The molecular weight excluding hydrogens is 206 g/mol. The Balaban J connectivity index is 0.00000169. The number of carbonyl (C=O) groups is 1. The van der Waals surface area contributed by atoms with E-state index in [1.807, 2.05) is 0 Å². The molecule has 0 radical (unpaired) electrons. The van der Waals surface area contributed by atoms with Crippen molar-refractivity contribution < 1.29 is 14.3 Å². The van der Waals surface area contributed by atoms with Crippen LogP contribution in [0.1, 0.15) is 19.3 Å². The Morgan fingerprint density at radius 3 is 2.50 bits per heavy atom. The van der Waals surface area contributed by atoms with Gasteiger partial charge in [0.2, 0.25) is 0 Å². The van der Waals surface area contributed by atoms with Crippen molar-refractivity contribution in [3.05, 3.63) is 0 Å². The zero-order valence-electron chi connectivity index (χ0n) is 8.45. The molecule has 0 aliphatic carbocycles. The number of methoxy groups -OCH3 is 1. The van der Waals surface area contributed by atoms with Crippen molar-refractivity contribution in [3.8, 4) is 0 Å². The Morgan fingerprint density at radius 2 is 2.07 bits per heavy atom. The largest absolute Gasteiger partial charge is 0.469 e. The van der Waals surface area contributed by atoms with Crippen LogP contribution in [0.15, 0.2) is 0 Å². The number of hydrogen-bond acceptors (Lipinski definition) is 4. The Morgan fingerprint density at radius 1 is 1.50 bits per heavy atom. The van der Waals surface area contributed by atoms with Crippen LogP contribution in [0.3, 0.4) is 0 Å². The molecule has 0 amide bonds. The molecule has 1 heterocycles. The fraction of sp³-hybridized carbons (Fsp3) is 0.889. The summed E-state index contributed by atoms with van der Waals surface area (Å²) in [7, 11) is 1.41. The van der Waals surface area contributed by atoms with Gasteiger partial charge in [0.1, 0.15) is 0 Å². The Bertz CT molecular complexity index is 181. The van der Waals surface area contributed by atoms with Crippen LogP contribution in [0, 0.1) is 5.41 Å². The highest BCUT2D eigenvalue weighted by Crippen LogP contribution is 2.33. The molecule has 0 aromatic carbocycles. The first-order chi connectivity index (χ1) is 6.22. The van der Waals surface area contributed by atoms with Crippen LogP contribution in [0.25, 0.3) is 0 Å². The molecule has 5 heteroatoms. The van der Waals surface area contributed by atoms with E-state index in [9.17, 15) is 4.79 Å². The second-order valence-electron chi connectivity index (χ2n) is 3.57. The number of nitrogens with two attached hydrogens (primary N) is 1. The minimum absolute atomic E-state index is 0. The summed E-state index contributed by atoms with van der Waals surface area (Å²) in [5, 5.41) is 0. The molecular formula is C9H18ClNO3. The van der Waals surface area contributed by atoms with Gasteiger partial charge in [0, 0.05) is 13.2 Å². The van der Waals surface area contributed by atoms with Crippen molar-refractivity contribution in [1.82, 2.24) is 0 Å². The van der Waals surface area contributed by atoms with Gasteiger partial charge in [-0.1, -0.05) is 0 Å². The van der Waals surface area contributed by atoms with Gasteiger partial charge < -0.3 is 15.2 Å². The van der Waals surface area contributed by atoms with Crippen molar-refractivity contribution in [2.45, 2.75) is 19.3 Å². The average Bonchev–Trinajstić information content (AvgIpc) is 2.19. The molecule has 0 unspecified atom stereocenters. The Kier molecular flexibility index (Phi) is 6.08. The van der Waals surface area contributed by atoms with Gasteiger partial charge in [-0.2, -0.15) is 0 Å². The minimum Gasteiger partial charge on any atom is -0.469 e. The van der Waals surface area contributed by atoms with Gasteiger partial charge in [-0.3, -0.25) is 4.79 Å². The van der Waals surface area contributed by atoms with Crippen LogP contribution in [-0.2, 0) is 14.3 Å². The monoisotopic (exact) mass is 223 g/mol. The number of hydrogen-bond donors (Lipinski definition) is 1. The van der Waals surface area contributed by atoms with Crippen LogP contribution in [0.4, 0.5) is 0 Å². The van der Waals surface area contributed by atoms with Crippen LogP contribution < -0.4 is 5.73 Å². The summed E-state index contributed by atoms with van der Waals surface area (Å²) in [5.41, 5.74) is 5.60. The minimum atomic E-state index is -0.174. The van der Waals surface area contributed by atoms with Gasteiger partial charge in [0.05, 0.1) is 13.5 Å². The van der Waals surface area contributed by atoms with E-state index >= 15 is 0 Å². The summed E-state index contributed by atoms with van der Waals surface area (Å²) in [5.74, 6) is -0.174. The quantitative estimate of drug-likeness (QED) is 0.717. The predicted octanol–water partition coefficient (Wildman–Crippen LogP) is 0.727. The number of ether oxygens (including phenoxy) is 2. The first-order valence-electron chi connectivity index (χ1n) is 4.57. The number of rotatable bonds is 3. The van der Waals surface area contributed by atoms with Gasteiger partial charge in [-0.15, -0.1) is 12.4 Å². The lowest BCUT2D eigenvalue weighted by atomic mass is 9.77. The van der Waals surface area contributed by atoms with Gasteiger partial charge in [0.25, 0.3) is 0 Å². The molecule has 0 saturated carbocycles. The van der Waals surface area contributed by atoms with Gasteiger partial charge >= 0.3 is 5.97 Å². The lowest BCUT2D eigenvalue weighted by molar-refractivity contribution is -0.144. The molecule has 4 nitrogen and oxygen atoms in total. The van der Waals surface area contributed by atoms with Gasteiger partial charge in [-0.25, -0.2) is 0 Å². The van der Waals surface area contributed by atoms with Crippen LogP contribution in [0.5, 0.6) is 0 Å². The molecule has 1 aliphatic heterocycles. The van der Waals surface area contributed by atoms with Crippen LogP contribution in [-0.4, -0.2) is 32.8 Å². The third kappa shape index (κ3) is 3.44. The molecule has 0 aromatic rings. The SMILES string of the molecule is COC(=O)CC1(CN)CCOCC1.Cl. The van der Waals surface area contributed by atoms with Crippen molar-refractivity contribution in [1.29, 1.82) is 0 Å². The topological polar surface area (TPSA) is 61.5 Å². The summed E-state index contributed by atoms with van der Waals surface area (Å²) < 4.78 is 9.88. The normalized spacial score (nSPS) is 19.6. The molecule has 1 saturated heterocycles. The molecule has 1 fully saturated rings. The van der Waals surface area contributed by atoms with E-state index < -0.39 is 0 Å². The second-order valence-corrected chi connectivity index (χ2v) is 3.57. The summed E-state index contributed by atoms with van der Waals surface area (Å²) in [4.78, 5) is 11.1. The number of carbonyl (C=O) groups excluding carboxylic acids is 1. The maximum atomic E-state index is 11.1. The van der Waals surface area contributed by atoms with E-state index in [0.29, 0.717) is 26.2 Å². The van der Waals surface area contributed by atoms with Crippen molar-refractivity contribution in [2.24, 2.45) is 11.1 Å². The molecule has 14 heavy (non-hydrogen) atoms. The second kappa shape index (κ2) is 6.22. The third-order valence-electron chi connectivity index (χ3n) is 2.73. The van der Waals surface area contributed by atoms with E-state index in [-0.39, 0.29) is 23.8 Å². The van der Waals surface area contributed by atoms with Gasteiger partial charge in [0.15, 0.2) is 0 Å². The van der Waals surface area contributed by atoms with Crippen molar-refractivity contribution >= 4 is 18.4 Å². The molecule has 0 aromatic heterocycles. The fourth-order valence-corrected chi connectivity index (χ4v) is 1.64. The molecule has 0 spiro atoms. The Labute approximate surface area is 90.5 Å². The smallest absolute Gasteiger partial charge is 0.306 e. The van der Waals surface area contributed by atoms with Crippen LogP contribution in [0.2, 0.25) is 0 Å². The summed E-state index contributed by atoms with van der Waals surface area (Å²) in [6.45, 7) is 1.94. The molecule has 2 N–H and O–H groups in total. The summed E-state index contributed by atoms with van der Waals surface area (Å²) >= 11 is 0. The molecule has 1 rings (SSSR count). The summed E-state index contributed by atoms with van der Waals surface area (Å²) in [6.07, 6.45) is 2.14. The number of halogens is 1. The van der Waals surface area contributed by atoms with E-state index in [1.165, 1.54) is 7.11 Å². The van der Waals surface area contributed by atoms with E-state index in [4.69, 9.17) is 10.5 Å². The number of esters is 1. The molecule has 84 valence electrons. The van der Waals surface area contributed by atoms with Crippen LogP contribution >= 0.6 is 12.4 Å². The lowest BCUT2D eigenvalue weighted by Crippen LogP contribution is -2.38. The maximum absolute atomic E-state index is 11.1. The lowest BCUT2D eigenvalue weighted by Gasteiger charge is -2.34. The maximum Gasteiger partial charge on any atom is 0.306 e. The van der Waals surface area contributed by atoms with E-state index in [1.54, 1.807) is 0 Å². The first kappa shape index (κ1) is 13.7. The zero-order valence-corrected chi connectivity index (χ0v) is 9.27. The zero-order chi connectivity index (χ0) is 9.73. The highest BCUT2D eigenvalue weighted by Gasteiger charge is 2.33. The first-order valence-corrected chi connectivity index (χ1v) is 4.57. The fourth-order valence-electron chi connectivity index (χ4n) is 1.64. The van der Waals surface area contributed by atoms with E-state index in [0.717, 1.165) is 12.8 Å². The van der Waals surface area contributed by atoms with E-state index in [2.05, 4.69) is 4.74 Å². The highest BCUT2D eigenvalue weighted by atomic mass is 35.5. The standard InChI is InChI=1S/C9H17NO3.ClH/c1-12-8(11)6-9(7-10)2-4-13-5-3-9;/h2-7,10H2,1H3;1H. The third-order valence-corrected chi connectivity index (χ3v) is 2.73. The molecule has 0 bridgehead atoms. The van der Waals surface area contributed by atoms with Crippen molar-refractivity contribution in [3.63, 3.8) is 0 Å². The Hall–Kier alpha value is -0.320. The molecule has 1 aliphatic rings. The van der Waals surface area contributed by atoms with Crippen molar-refractivity contribution in [2.75, 3.05) is 26.9 Å². The molecule has 0 atom stereocenters. The predicted molar refractivity (Wildman–Crippen MR) is 55.4 cm³/mol. The van der Waals surface area contributed by atoms with Gasteiger partial charge in [-0.05, 0) is 24.8 Å². The average molecular weight is 224 g/mol. The highest BCUT2D eigenvalue weighted by molar-refractivity contribution is 5.85.